The van der Waals surface area contributed by atoms with E-state index >= 15 is 0 Å². The number of rotatable bonds is 2. The molecule has 1 aliphatic rings. The van der Waals surface area contributed by atoms with Gasteiger partial charge >= 0.3 is 5.97 Å². The first-order chi connectivity index (χ1) is 7.51. The number of hydrogen-bond donors (Lipinski definition) is 2. The Morgan fingerprint density at radius 3 is 2.88 bits per heavy atom. The molecule has 1 fully saturated rings. The molecule has 88 valence electrons. The third kappa shape index (κ3) is 1.97. The highest BCUT2D eigenvalue weighted by molar-refractivity contribution is 5.84. The Bertz CT molecular complexity index is 395. The van der Waals surface area contributed by atoms with Crippen LogP contribution in [0.5, 0.6) is 0 Å². The van der Waals surface area contributed by atoms with E-state index in [4.69, 9.17) is 9.52 Å². The molecule has 0 amide bonds. The summed E-state index contributed by atoms with van der Waals surface area (Å²) in [6, 6.07) is 2.97. The average molecular weight is 224 g/mol. The summed E-state index contributed by atoms with van der Waals surface area (Å²) in [5, 5.41) is 19.2. The van der Waals surface area contributed by atoms with Crippen LogP contribution in [-0.2, 0) is 5.60 Å². The van der Waals surface area contributed by atoms with Crippen LogP contribution >= 0.6 is 0 Å². The molecule has 1 aliphatic carbocycles. The number of aliphatic hydroxyl groups is 1. The van der Waals surface area contributed by atoms with E-state index in [9.17, 15) is 9.90 Å². The van der Waals surface area contributed by atoms with Crippen LogP contribution in [0.4, 0.5) is 0 Å². The number of carboxylic acid groups (broad SMARTS) is 1. The smallest absolute Gasteiger partial charge is 0.371 e. The Labute approximate surface area is 93.9 Å². The van der Waals surface area contributed by atoms with Crippen molar-refractivity contribution in [2.75, 3.05) is 0 Å². The molecule has 2 rings (SSSR count). The van der Waals surface area contributed by atoms with Gasteiger partial charge in [-0.25, -0.2) is 4.79 Å². The van der Waals surface area contributed by atoms with Gasteiger partial charge in [0.15, 0.2) is 0 Å². The van der Waals surface area contributed by atoms with Crippen molar-refractivity contribution in [2.45, 2.75) is 38.2 Å². The molecule has 0 spiro atoms. The first-order valence-corrected chi connectivity index (χ1v) is 5.57. The highest BCUT2D eigenvalue weighted by atomic mass is 16.4. The fourth-order valence-corrected chi connectivity index (χ4v) is 2.45. The molecule has 4 heteroatoms. The van der Waals surface area contributed by atoms with E-state index in [1.54, 1.807) is 6.07 Å². The third-order valence-electron chi connectivity index (χ3n) is 3.25. The van der Waals surface area contributed by atoms with Gasteiger partial charge in [0.05, 0.1) is 0 Å². The summed E-state index contributed by atoms with van der Waals surface area (Å²) in [7, 11) is 0. The van der Waals surface area contributed by atoms with Gasteiger partial charge in [-0.05, 0) is 37.3 Å². The van der Waals surface area contributed by atoms with Crippen molar-refractivity contribution >= 4 is 5.97 Å². The van der Waals surface area contributed by atoms with Gasteiger partial charge in [0, 0.05) is 0 Å². The Morgan fingerprint density at radius 1 is 1.56 bits per heavy atom. The molecule has 2 unspecified atom stereocenters. The van der Waals surface area contributed by atoms with Crippen LogP contribution in [0.1, 0.15) is 48.9 Å². The van der Waals surface area contributed by atoms with Crippen molar-refractivity contribution in [3.8, 4) is 0 Å². The van der Waals surface area contributed by atoms with E-state index in [1.165, 1.54) is 6.07 Å². The molecule has 1 saturated carbocycles. The molecular formula is C12H16O4. The van der Waals surface area contributed by atoms with Crippen molar-refractivity contribution in [3.63, 3.8) is 0 Å². The minimum absolute atomic E-state index is 0.110. The van der Waals surface area contributed by atoms with Crippen molar-refractivity contribution in [1.29, 1.82) is 0 Å². The molecular weight excluding hydrogens is 208 g/mol. The van der Waals surface area contributed by atoms with Crippen LogP contribution in [0.15, 0.2) is 16.5 Å². The average Bonchev–Trinajstić information content (AvgIpc) is 2.66. The summed E-state index contributed by atoms with van der Waals surface area (Å²) in [6.45, 7) is 2.09. The first kappa shape index (κ1) is 11.2. The van der Waals surface area contributed by atoms with Gasteiger partial charge in [0.2, 0.25) is 5.76 Å². The lowest BCUT2D eigenvalue weighted by molar-refractivity contribution is -0.0362. The summed E-state index contributed by atoms with van der Waals surface area (Å²) in [6.07, 6.45) is 3.33. The van der Waals surface area contributed by atoms with Gasteiger partial charge in [-0.2, -0.15) is 0 Å². The van der Waals surface area contributed by atoms with E-state index in [0.29, 0.717) is 24.5 Å². The maximum absolute atomic E-state index is 10.7. The quantitative estimate of drug-likeness (QED) is 0.809. The molecule has 2 atom stereocenters. The van der Waals surface area contributed by atoms with Crippen LogP contribution in [0.25, 0.3) is 0 Å². The lowest BCUT2D eigenvalue weighted by Crippen LogP contribution is -2.31. The van der Waals surface area contributed by atoms with Gasteiger partial charge in [0.25, 0.3) is 0 Å². The minimum Gasteiger partial charge on any atom is -0.475 e. The molecule has 16 heavy (non-hydrogen) atoms. The van der Waals surface area contributed by atoms with Gasteiger partial charge in [-0.3, -0.25) is 0 Å². The molecule has 0 bridgehead atoms. The summed E-state index contributed by atoms with van der Waals surface area (Å²) in [4.78, 5) is 10.7. The second-order valence-corrected chi connectivity index (χ2v) is 4.70. The summed E-state index contributed by atoms with van der Waals surface area (Å²) < 4.78 is 5.19. The van der Waals surface area contributed by atoms with E-state index < -0.39 is 11.6 Å². The van der Waals surface area contributed by atoms with Crippen molar-refractivity contribution in [2.24, 2.45) is 5.92 Å². The fraction of sp³-hybridized carbons (Fsp3) is 0.583. The van der Waals surface area contributed by atoms with Crippen LogP contribution in [0.3, 0.4) is 0 Å². The van der Waals surface area contributed by atoms with Crippen LogP contribution in [0, 0.1) is 5.92 Å². The maximum atomic E-state index is 10.7. The zero-order valence-electron chi connectivity index (χ0n) is 9.27. The Kier molecular flexibility index (Phi) is 2.76. The van der Waals surface area contributed by atoms with Gasteiger partial charge in [-0.1, -0.05) is 13.3 Å². The van der Waals surface area contributed by atoms with Crippen LogP contribution in [0.2, 0.25) is 0 Å². The molecule has 1 aromatic heterocycles. The Balaban J connectivity index is 2.24. The monoisotopic (exact) mass is 224 g/mol. The number of carboxylic acids is 1. The molecule has 0 saturated heterocycles. The highest BCUT2D eigenvalue weighted by Crippen LogP contribution is 2.40. The molecule has 1 aromatic rings. The zero-order valence-corrected chi connectivity index (χ0v) is 9.27. The second kappa shape index (κ2) is 3.94. The van der Waals surface area contributed by atoms with E-state index in [1.807, 2.05) is 0 Å². The number of hydrogen-bond acceptors (Lipinski definition) is 3. The van der Waals surface area contributed by atoms with Crippen LogP contribution in [-0.4, -0.2) is 16.2 Å². The van der Waals surface area contributed by atoms with Gasteiger partial charge in [-0.15, -0.1) is 0 Å². The highest BCUT2D eigenvalue weighted by Gasteiger charge is 2.37. The predicted molar refractivity (Wildman–Crippen MR) is 57.2 cm³/mol. The fourth-order valence-electron chi connectivity index (χ4n) is 2.45. The molecule has 0 radical (unpaired) electrons. The van der Waals surface area contributed by atoms with Gasteiger partial charge < -0.3 is 14.6 Å². The first-order valence-electron chi connectivity index (χ1n) is 5.57. The standard InChI is InChI=1S/C12H16O4/c1-8-3-2-6-12(15,7-8)10-5-4-9(16-10)11(13)14/h4-5,8,15H,2-3,6-7H2,1H3,(H,13,14). The number of carbonyl (C=O) groups is 1. The van der Waals surface area contributed by atoms with Crippen molar-refractivity contribution < 1.29 is 19.4 Å². The molecule has 2 N–H and O–H groups in total. The third-order valence-corrected chi connectivity index (χ3v) is 3.25. The van der Waals surface area contributed by atoms with Gasteiger partial charge in [0.1, 0.15) is 11.4 Å². The number of aromatic carboxylic acids is 1. The van der Waals surface area contributed by atoms with E-state index in [2.05, 4.69) is 6.92 Å². The van der Waals surface area contributed by atoms with Crippen molar-refractivity contribution in [3.05, 3.63) is 23.7 Å². The second-order valence-electron chi connectivity index (χ2n) is 4.70. The van der Waals surface area contributed by atoms with E-state index in [-0.39, 0.29) is 5.76 Å². The lowest BCUT2D eigenvalue weighted by Gasteiger charge is -2.33. The normalized spacial score (nSPS) is 30.2. The maximum Gasteiger partial charge on any atom is 0.371 e. The SMILES string of the molecule is CC1CCCC(O)(c2ccc(C(=O)O)o2)C1. The summed E-state index contributed by atoms with van der Waals surface area (Å²) in [5.41, 5.74) is -0.981. The summed E-state index contributed by atoms with van der Waals surface area (Å²) in [5.74, 6) is -0.381. The minimum atomic E-state index is -1.10. The van der Waals surface area contributed by atoms with Crippen LogP contribution < -0.4 is 0 Å². The zero-order chi connectivity index (χ0) is 11.8. The number of furan rings is 1. The molecule has 4 nitrogen and oxygen atoms in total. The van der Waals surface area contributed by atoms with Crippen molar-refractivity contribution in [1.82, 2.24) is 0 Å². The lowest BCUT2D eigenvalue weighted by atomic mass is 9.77. The van der Waals surface area contributed by atoms with E-state index in [0.717, 1.165) is 12.8 Å². The Hall–Kier alpha value is -1.29. The molecule has 0 aliphatic heterocycles. The topological polar surface area (TPSA) is 70.7 Å². The molecule has 1 heterocycles. The summed E-state index contributed by atoms with van der Waals surface area (Å²) >= 11 is 0. The predicted octanol–water partition coefficient (Wildman–Crippen LogP) is 2.38. The largest absolute Gasteiger partial charge is 0.475 e. The Morgan fingerprint density at radius 2 is 2.31 bits per heavy atom. The molecule has 0 aromatic carbocycles.